The molecule has 0 aliphatic carbocycles. The summed E-state index contributed by atoms with van der Waals surface area (Å²) in [5.74, 6) is 0. The van der Waals surface area contributed by atoms with E-state index >= 15 is 0 Å². The van der Waals surface area contributed by atoms with E-state index in [9.17, 15) is 0 Å². The summed E-state index contributed by atoms with van der Waals surface area (Å²) in [4.78, 5) is 0. The van der Waals surface area contributed by atoms with Crippen molar-refractivity contribution >= 4 is 24.4 Å². The summed E-state index contributed by atoms with van der Waals surface area (Å²) in [6, 6.07) is 20.2. The summed E-state index contributed by atoms with van der Waals surface area (Å²) < 4.78 is 11.7. The molecule has 0 heterocycles. The van der Waals surface area contributed by atoms with Crippen molar-refractivity contribution in [2.45, 2.75) is 13.2 Å². The number of hydrogen-bond donors (Lipinski definition) is 0. The van der Waals surface area contributed by atoms with Crippen LogP contribution < -0.4 is 0 Å². The second-order valence-corrected chi connectivity index (χ2v) is 26.4. The van der Waals surface area contributed by atoms with Crippen molar-refractivity contribution in [1.82, 2.24) is 0 Å². The Labute approximate surface area is 130 Å². The SMILES string of the molecule is [Br][Zr]([Br])([O]Cc1ccccc1)[O]Cc1ccccc1. The molecule has 0 atom stereocenters. The summed E-state index contributed by atoms with van der Waals surface area (Å²) in [6.45, 7) is 1.12. The molecule has 0 aliphatic heterocycles. The van der Waals surface area contributed by atoms with Gasteiger partial charge in [0, 0.05) is 0 Å². The first-order valence-electron chi connectivity index (χ1n) is 5.89. The van der Waals surface area contributed by atoms with Crippen LogP contribution in [0.5, 0.6) is 0 Å². The van der Waals surface area contributed by atoms with Crippen LogP contribution in [0.3, 0.4) is 0 Å². The van der Waals surface area contributed by atoms with Crippen LogP contribution in [0.15, 0.2) is 60.7 Å². The molecule has 0 fully saturated rings. The summed E-state index contributed by atoms with van der Waals surface area (Å²) in [7, 11) is 0. The van der Waals surface area contributed by atoms with Gasteiger partial charge in [-0.2, -0.15) is 0 Å². The van der Waals surface area contributed by atoms with Crippen molar-refractivity contribution in [2.24, 2.45) is 0 Å². The molecule has 2 aromatic rings. The third-order valence-electron chi connectivity index (χ3n) is 2.50. The molecular weight excluding hydrogens is 451 g/mol. The Hall–Kier alpha value is 0.203. The van der Waals surface area contributed by atoms with Crippen LogP contribution in [0.2, 0.25) is 0 Å². The monoisotopic (exact) mass is 462 g/mol. The first kappa shape index (κ1) is 15.6. The molecule has 0 N–H and O–H groups in total. The molecule has 2 rings (SSSR count). The molecule has 2 aromatic carbocycles. The average molecular weight is 465 g/mol. The Kier molecular flexibility index (Phi) is 6.44. The Morgan fingerprint density at radius 1 is 0.684 bits per heavy atom. The zero-order valence-electron chi connectivity index (χ0n) is 10.3. The molecule has 0 aromatic heterocycles. The third-order valence-corrected chi connectivity index (χ3v) is 10.3. The molecular formula is C14H14Br2O2Zr. The Morgan fingerprint density at radius 2 is 1.05 bits per heavy atom. The van der Waals surface area contributed by atoms with Crippen molar-refractivity contribution in [2.75, 3.05) is 0 Å². The predicted octanol–water partition coefficient (Wildman–Crippen LogP) is 5.02. The molecule has 2 nitrogen and oxygen atoms in total. The standard InChI is InChI=1S/2C7H7O.2BrH.Zr/c2*8-6-7-4-2-1-3-5-7;;;/h2*1-5H,6H2;2*1H;/q2*-1;;;+4/p-2. The molecule has 0 aliphatic rings. The van der Waals surface area contributed by atoms with Gasteiger partial charge >= 0.3 is 132 Å². The fourth-order valence-electron chi connectivity index (χ4n) is 1.52. The number of rotatable bonds is 6. The van der Waals surface area contributed by atoms with Crippen LogP contribution >= 0.6 is 24.4 Å². The van der Waals surface area contributed by atoms with E-state index in [0.717, 1.165) is 11.1 Å². The Bertz CT molecular complexity index is 446. The van der Waals surface area contributed by atoms with Crippen molar-refractivity contribution in [3.8, 4) is 0 Å². The van der Waals surface area contributed by atoms with Gasteiger partial charge in [-0.1, -0.05) is 0 Å². The first-order chi connectivity index (χ1) is 9.16. The van der Waals surface area contributed by atoms with Crippen LogP contribution in [0.4, 0.5) is 0 Å². The topological polar surface area (TPSA) is 18.5 Å². The van der Waals surface area contributed by atoms with Crippen molar-refractivity contribution < 1.29 is 22.1 Å². The quantitative estimate of drug-likeness (QED) is 0.597. The number of benzene rings is 2. The maximum atomic E-state index is 5.86. The van der Waals surface area contributed by atoms with Crippen LogP contribution in [0.25, 0.3) is 0 Å². The summed E-state index contributed by atoms with van der Waals surface area (Å²) >= 11 is 3.96. The Balaban J connectivity index is 1.82. The zero-order chi connectivity index (χ0) is 13.6. The van der Waals surface area contributed by atoms with Crippen LogP contribution in [0.1, 0.15) is 11.1 Å². The van der Waals surface area contributed by atoms with Gasteiger partial charge in [-0.3, -0.25) is 0 Å². The normalized spacial score (nSPS) is 11.5. The van der Waals surface area contributed by atoms with Crippen molar-refractivity contribution in [3.05, 3.63) is 71.8 Å². The summed E-state index contributed by atoms with van der Waals surface area (Å²) in [5, 5.41) is 0. The summed E-state index contributed by atoms with van der Waals surface area (Å²) in [6.07, 6.45) is 0. The molecule has 0 saturated carbocycles. The second kappa shape index (κ2) is 7.85. The first-order valence-corrected chi connectivity index (χ1v) is 19.1. The molecule has 5 heteroatoms. The van der Waals surface area contributed by atoms with E-state index in [1.54, 1.807) is 0 Å². The number of hydrogen-bond acceptors (Lipinski definition) is 2. The minimum atomic E-state index is -3.20. The van der Waals surface area contributed by atoms with E-state index in [1.165, 1.54) is 0 Å². The molecule has 0 saturated heterocycles. The molecule has 19 heavy (non-hydrogen) atoms. The summed E-state index contributed by atoms with van der Waals surface area (Å²) in [5.41, 5.74) is 2.29. The van der Waals surface area contributed by atoms with Crippen LogP contribution in [0, 0.1) is 0 Å². The van der Waals surface area contributed by atoms with E-state index in [4.69, 9.17) is 5.63 Å². The molecule has 0 unspecified atom stereocenters. The van der Waals surface area contributed by atoms with Gasteiger partial charge in [0.05, 0.1) is 0 Å². The van der Waals surface area contributed by atoms with E-state index in [2.05, 4.69) is 24.4 Å². The minimum absolute atomic E-state index is 0.558. The average Bonchev–Trinajstić information content (AvgIpc) is 2.46. The number of halogens is 2. The van der Waals surface area contributed by atoms with Crippen LogP contribution in [-0.2, 0) is 35.3 Å². The van der Waals surface area contributed by atoms with Gasteiger partial charge in [-0.25, -0.2) is 0 Å². The van der Waals surface area contributed by atoms with E-state index in [0.29, 0.717) is 13.2 Å². The van der Waals surface area contributed by atoms with Crippen molar-refractivity contribution in [1.29, 1.82) is 0 Å². The van der Waals surface area contributed by atoms with E-state index in [1.807, 2.05) is 60.7 Å². The zero-order valence-corrected chi connectivity index (χ0v) is 15.9. The molecule has 0 spiro atoms. The van der Waals surface area contributed by atoms with Gasteiger partial charge in [-0.05, 0) is 0 Å². The van der Waals surface area contributed by atoms with E-state index < -0.39 is 16.4 Å². The fraction of sp³-hybridized carbons (Fsp3) is 0.143. The van der Waals surface area contributed by atoms with E-state index in [-0.39, 0.29) is 0 Å². The molecule has 0 radical (unpaired) electrons. The van der Waals surface area contributed by atoms with Gasteiger partial charge in [0.2, 0.25) is 0 Å². The van der Waals surface area contributed by atoms with Gasteiger partial charge in [0.25, 0.3) is 0 Å². The van der Waals surface area contributed by atoms with Gasteiger partial charge in [-0.15, -0.1) is 0 Å². The van der Waals surface area contributed by atoms with Gasteiger partial charge < -0.3 is 0 Å². The van der Waals surface area contributed by atoms with Gasteiger partial charge in [0.15, 0.2) is 0 Å². The maximum absolute atomic E-state index is 5.86. The van der Waals surface area contributed by atoms with Crippen molar-refractivity contribution in [3.63, 3.8) is 0 Å². The third kappa shape index (κ3) is 6.01. The second-order valence-electron chi connectivity index (χ2n) is 4.01. The Morgan fingerprint density at radius 3 is 1.42 bits per heavy atom. The molecule has 100 valence electrons. The van der Waals surface area contributed by atoms with Crippen LogP contribution in [-0.4, -0.2) is 0 Å². The molecule has 0 amide bonds. The fourth-order valence-corrected chi connectivity index (χ4v) is 6.08. The predicted molar refractivity (Wildman–Crippen MR) is 80.3 cm³/mol. The molecule has 0 bridgehead atoms. The van der Waals surface area contributed by atoms with Gasteiger partial charge in [0.1, 0.15) is 0 Å².